The lowest BCUT2D eigenvalue weighted by Crippen LogP contribution is -2.42. The van der Waals surface area contributed by atoms with Crippen LogP contribution in [0.15, 0.2) is 0 Å². The zero-order valence-corrected chi connectivity index (χ0v) is 13.0. The SMILES string of the molecule is C[C@H](COC1CCC(C=O)CC1)OC(=O)NC(C)(C)C. The highest BCUT2D eigenvalue weighted by Crippen LogP contribution is 2.24. The van der Waals surface area contributed by atoms with E-state index in [1.807, 2.05) is 27.7 Å². The second kappa shape index (κ2) is 7.62. The molecule has 20 heavy (non-hydrogen) atoms. The van der Waals surface area contributed by atoms with Crippen LogP contribution in [0.4, 0.5) is 4.79 Å². The van der Waals surface area contributed by atoms with Gasteiger partial charge in [0.1, 0.15) is 12.4 Å². The van der Waals surface area contributed by atoms with Crippen LogP contribution < -0.4 is 5.32 Å². The maximum atomic E-state index is 11.6. The van der Waals surface area contributed by atoms with E-state index in [1.54, 1.807) is 0 Å². The van der Waals surface area contributed by atoms with Crippen molar-refractivity contribution in [1.82, 2.24) is 5.32 Å². The van der Waals surface area contributed by atoms with Gasteiger partial charge in [-0.15, -0.1) is 0 Å². The summed E-state index contributed by atoms with van der Waals surface area (Å²) in [5.41, 5.74) is -0.301. The summed E-state index contributed by atoms with van der Waals surface area (Å²) in [6, 6.07) is 0. The van der Waals surface area contributed by atoms with Crippen LogP contribution >= 0.6 is 0 Å². The molecule has 116 valence electrons. The number of rotatable bonds is 5. The summed E-state index contributed by atoms with van der Waals surface area (Å²) in [6.07, 6.45) is 4.14. The van der Waals surface area contributed by atoms with E-state index in [9.17, 15) is 9.59 Å². The minimum Gasteiger partial charge on any atom is -0.444 e. The fourth-order valence-corrected chi connectivity index (χ4v) is 2.22. The number of nitrogens with one attached hydrogen (secondary N) is 1. The Balaban J connectivity index is 2.18. The molecule has 1 rings (SSSR count). The molecule has 0 spiro atoms. The lowest BCUT2D eigenvalue weighted by Gasteiger charge is -2.27. The van der Waals surface area contributed by atoms with Gasteiger partial charge in [-0.25, -0.2) is 4.79 Å². The van der Waals surface area contributed by atoms with Crippen LogP contribution in [0.3, 0.4) is 0 Å². The third kappa shape index (κ3) is 6.89. The van der Waals surface area contributed by atoms with Gasteiger partial charge in [-0.3, -0.25) is 0 Å². The topological polar surface area (TPSA) is 64.6 Å². The van der Waals surface area contributed by atoms with E-state index in [0.29, 0.717) is 6.61 Å². The van der Waals surface area contributed by atoms with Gasteiger partial charge in [0, 0.05) is 11.5 Å². The molecule has 1 aliphatic carbocycles. The molecule has 5 heteroatoms. The third-order valence-corrected chi connectivity index (χ3v) is 3.26. The average molecular weight is 285 g/mol. The monoisotopic (exact) mass is 285 g/mol. The minimum absolute atomic E-state index is 0.183. The van der Waals surface area contributed by atoms with E-state index in [2.05, 4.69) is 5.32 Å². The number of carbonyl (C=O) groups excluding carboxylic acids is 2. The summed E-state index contributed by atoms with van der Waals surface area (Å²) in [6.45, 7) is 7.93. The molecule has 5 nitrogen and oxygen atoms in total. The van der Waals surface area contributed by atoms with Crippen LogP contribution in [0.25, 0.3) is 0 Å². The number of aldehydes is 1. The summed E-state index contributed by atoms with van der Waals surface area (Å²) < 4.78 is 11.0. The fraction of sp³-hybridized carbons (Fsp3) is 0.867. The number of alkyl carbamates (subject to hydrolysis) is 1. The highest BCUT2D eigenvalue weighted by atomic mass is 16.6. The first-order valence-electron chi connectivity index (χ1n) is 7.36. The van der Waals surface area contributed by atoms with E-state index in [0.717, 1.165) is 32.0 Å². The third-order valence-electron chi connectivity index (χ3n) is 3.26. The molecule has 0 radical (unpaired) electrons. The molecule has 0 aromatic heterocycles. The van der Waals surface area contributed by atoms with Crippen molar-refractivity contribution in [2.75, 3.05) is 6.61 Å². The molecule has 0 saturated heterocycles. The van der Waals surface area contributed by atoms with Gasteiger partial charge in [-0.1, -0.05) is 0 Å². The standard InChI is InChI=1S/C15H27NO4/c1-11(20-14(18)16-15(2,3)4)10-19-13-7-5-12(9-17)6-8-13/h9,11-13H,5-8,10H2,1-4H3,(H,16,18)/t11-,12?,13?/m1/s1. The zero-order chi connectivity index (χ0) is 15.2. The zero-order valence-electron chi connectivity index (χ0n) is 13.0. The van der Waals surface area contributed by atoms with E-state index in [4.69, 9.17) is 9.47 Å². The predicted molar refractivity (Wildman–Crippen MR) is 76.6 cm³/mol. The molecule has 1 fully saturated rings. The van der Waals surface area contributed by atoms with Crippen molar-refractivity contribution < 1.29 is 19.1 Å². The predicted octanol–water partition coefficient (Wildman–Crippen LogP) is 2.67. The Labute approximate surface area is 121 Å². The molecule has 1 amide bonds. The van der Waals surface area contributed by atoms with Crippen molar-refractivity contribution >= 4 is 12.4 Å². The Bertz CT molecular complexity index is 316. The Morgan fingerprint density at radius 1 is 1.30 bits per heavy atom. The van der Waals surface area contributed by atoms with Crippen LogP contribution in [-0.4, -0.2) is 36.7 Å². The largest absolute Gasteiger partial charge is 0.444 e. The molecular formula is C15H27NO4. The quantitative estimate of drug-likeness (QED) is 0.789. The Kier molecular flexibility index (Phi) is 6.46. The smallest absolute Gasteiger partial charge is 0.407 e. The average Bonchev–Trinajstić information content (AvgIpc) is 2.34. The molecule has 1 saturated carbocycles. The Morgan fingerprint density at radius 3 is 2.40 bits per heavy atom. The first-order chi connectivity index (χ1) is 9.30. The highest BCUT2D eigenvalue weighted by Gasteiger charge is 2.22. The lowest BCUT2D eigenvalue weighted by atomic mass is 9.88. The van der Waals surface area contributed by atoms with Crippen LogP contribution in [0.1, 0.15) is 53.4 Å². The van der Waals surface area contributed by atoms with Crippen LogP contribution in [-0.2, 0) is 14.3 Å². The molecule has 0 unspecified atom stereocenters. The molecule has 1 N–H and O–H groups in total. The van der Waals surface area contributed by atoms with Crippen molar-refractivity contribution in [1.29, 1.82) is 0 Å². The van der Waals surface area contributed by atoms with Crippen LogP contribution in [0.2, 0.25) is 0 Å². The lowest BCUT2D eigenvalue weighted by molar-refractivity contribution is -0.113. The minimum atomic E-state index is -0.418. The molecule has 0 aliphatic heterocycles. The summed E-state index contributed by atoms with van der Waals surface area (Å²) in [7, 11) is 0. The Hall–Kier alpha value is -1.10. The molecular weight excluding hydrogens is 258 g/mol. The number of hydrogen-bond acceptors (Lipinski definition) is 4. The van der Waals surface area contributed by atoms with Gasteiger partial charge in [0.05, 0.1) is 12.7 Å². The summed E-state index contributed by atoms with van der Waals surface area (Å²) in [5, 5.41) is 2.75. The molecule has 1 atom stereocenters. The van der Waals surface area contributed by atoms with Crippen molar-refractivity contribution in [2.24, 2.45) is 5.92 Å². The maximum absolute atomic E-state index is 11.6. The van der Waals surface area contributed by atoms with E-state index < -0.39 is 6.09 Å². The normalized spacial score (nSPS) is 24.8. The first-order valence-corrected chi connectivity index (χ1v) is 7.36. The number of ether oxygens (including phenoxy) is 2. The molecule has 0 bridgehead atoms. The van der Waals surface area contributed by atoms with E-state index in [-0.39, 0.29) is 23.7 Å². The second-order valence-corrected chi connectivity index (χ2v) is 6.60. The van der Waals surface area contributed by atoms with Gasteiger partial charge in [-0.05, 0) is 53.4 Å². The summed E-state index contributed by atoms with van der Waals surface area (Å²) >= 11 is 0. The summed E-state index contributed by atoms with van der Waals surface area (Å²) in [4.78, 5) is 22.2. The fourth-order valence-electron chi connectivity index (χ4n) is 2.22. The number of hydrogen-bond donors (Lipinski definition) is 1. The van der Waals surface area contributed by atoms with Crippen molar-refractivity contribution in [2.45, 2.75) is 71.1 Å². The van der Waals surface area contributed by atoms with Gasteiger partial charge in [-0.2, -0.15) is 0 Å². The van der Waals surface area contributed by atoms with Crippen molar-refractivity contribution in [3.63, 3.8) is 0 Å². The van der Waals surface area contributed by atoms with Crippen LogP contribution in [0.5, 0.6) is 0 Å². The van der Waals surface area contributed by atoms with Gasteiger partial charge < -0.3 is 19.6 Å². The van der Waals surface area contributed by atoms with Gasteiger partial charge in [0.15, 0.2) is 0 Å². The van der Waals surface area contributed by atoms with Crippen LogP contribution in [0, 0.1) is 5.92 Å². The molecule has 0 heterocycles. The van der Waals surface area contributed by atoms with Crippen molar-refractivity contribution in [3.05, 3.63) is 0 Å². The molecule has 0 aromatic rings. The van der Waals surface area contributed by atoms with E-state index >= 15 is 0 Å². The van der Waals surface area contributed by atoms with Gasteiger partial charge in [0.25, 0.3) is 0 Å². The molecule has 1 aliphatic rings. The summed E-state index contributed by atoms with van der Waals surface area (Å²) in [5.74, 6) is 0.195. The van der Waals surface area contributed by atoms with Crippen molar-refractivity contribution in [3.8, 4) is 0 Å². The second-order valence-electron chi connectivity index (χ2n) is 6.60. The first kappa shape index (κ1) is 17.0. The Morgan fingerprint density at radius 2 is 1.90 bits per heavy atom. The highest BCUT2D eigenvalue weighted by molar-refractivity contribution is 5.68. The number of carbonyl (C=O) groups is 2. The van der Waals surface area contributed by atoms with Gasteiger partial charge >= 0.3 is 6.09 Å². The van der Waals surface area contributed by atoms with E-state index in [1.165, 1.54) is 0 Å². The number of amides is 1. The molecule has 0 aromatic carbocycles. The van der Waals surface area contributed by atoms with Gasteiger partial charge in [0.2, 0.25) is 0 Å². The maximum Gasteiger partial charge on any atom is 0.407 e.